The summed E-state index contributed by atoms with van der Waals surface area (Å²) in [6.07, 6.45) is 8.94. The largest absolute Gasteiger partial charge is 0.396 e. The molecule has 130 valence electrons. The van der Waals surface area contributed by atoms with Gasteiger partial charge in [-0.25, -0.2) is 0 Å². The summed E-state index contributed by atoms with van der Waals surface area (Å²) in [6.45, 7) is 4.54. The monoisotopic (exact) mass is 327 g/mol. The van der Waals surface area contributed by atoms with Gasteiger partial charge >= 0.3 is 0 Å². The Balaban J connectivity index is 1.78. The Bertz CT molecular complexity index is 597. The fourth-order valence-corrected chi connectivity index (χ4v) is 4.14. The Labute approximate surface area is 145 Å². The summed E-state index contributed by atoms with van der Waals surface area (Å²) >= 11 is 0. The summed E-state index contributed by atoms with van der Waals surface area (Å²) in [5.74, 6) is 0.845. The van der Waals surface area contributed by atoms with Crippen molar-refractivity contribution in [2.45, 2.75) is 63.3 Å². The van der Waals surface area contributed by atoms with E-state index in [4.69, 9.17) is 0 Å². The molecule has 2 aliphatic carbocycles. The van der Waals surface area contributed by atoms with E-state index in [9.17, 15) is 9.90 Å². The standard InChI is InChI=1S/C21H29NO2/c1-15(2)17-6-8-18(9-7-17)21(11-3-4-12-21)20(24)22-19-10-5-16(13-19)14-23/h5-10,15-16,19,23H,3-4,11-14H2,1-2H3,(H,22,24)/t16-,19+/m0/s1. The fraction of sp³-hybridized carbons (Fsp3) is 0.571. The zero-order valence-electron chi connectivity index (χ0n) is 14.8. The molecule has 3 heteroatoms. The second kappa shape index (κ2) is 7.10. The molecular weight excluding hydrogens is 298 g/mol. The van der Waals surface area contributed by atoms with Crippen molar-refractivity contribution in [3.63, 3.8) is 0 Å². The van der Waals surface area contributed by atoms with E-state index in [1.165, 1.54) is 5.56 Å². The lowest BCUT2D eigenvalue weighted by Crippen LogP contribution is -2.46. The third-order valence-corrected chi connectivity index (χ3v) is 5.74. The predicted molar refractivity (Wildman–Crippen MR) is 96.9 cm³/mol. The van der Waals surface area contributed by atoms with E-state index in [0.29, 0.717) is 5.92 Å². The quantitative estimate of drug-likeness (QED) is 0.811. The molecule has 1 saturated carbocycles. The maximum absolute atomic E-state index is 13.1. The van der Waals surface area contributed by atoms with Crippen molar-refractivity contribution in [3.8, 4) is 0 Å². The first kappa shape index (κ1) is 17.2. The maximum atomic E-state index is 13.1. The smallest absolute Gasteiger partial charge is 0.231 e. The van der Waals surface area contributed by atoms with E-state index >= 15 is 0 Å². The van der Waals surface area contributed by atoms with Gasteiger partial charge in [-0.05, 0) is 36.3 Å². The van der Waals surface area contributed by atoms with E-state index < -0.39 is 0 Å². The van der Waals surface area contributed by atoms with Gasteiger partial charge in [-0.3, -0.25) is 4.79 Å². The Kier molecular flexibility index (Phi) is 5.09. The Morgan fingerprint density at radius 2 is 1.88 bits per heavy atom. The first-order chi connectivity index (χ1) is 11.5. The van der Waals surface area contributed by atoms with Crippen molar-refractivity contribution in [2.24, 2.45) is 5.92 Å². The van der Waals surface area contributed by atoms with E-state index in [-0.39, 0.29) is 29.9 Å². The maximum Gasteiger partial charge on any atom is 0.231 e. The van der Waals surface area contributed by atoms with Crippen molar-refractivity contribution in [1.29, 1.82) is 0 Å². The van der Waals surface area contributed by atoms with Gasteiger partial charge < -0.3 is 10.4 Å². The Hall–Kier alpha value is -1.61. The minimum atomic E-state index is -0.374. The Morgan fingerprint density at radius 1 is 1.21 bits per heavy atom. The first-order valence-electron chi connectivity index (χ1n) is 9.26. The fourth-order valence-electron chi connectivity index (χ4n) is 4.14. The average molecular weight is 327 g/mol. The molecule has 1 amide bonds. The second-order valence-corrected chi connectivity index (χ2v) is 7.71. The number of aliphatic hydroxyl groups is 1. The van der Waals surface area contributed by atoms with Crippen LogP contribution in [-0.2, 0) is 10.2 Å². The van der Waals surface area contributed by atoms with Crippen LogP contribution in [0.1, 0.15) is 63.0 Å². The summed E-state index contributed by atoms with van der Waals surface area (Å²) in [5, 5.41) is 12.5. The Morgan fingerprint density at radius 3 is 2.42 bits per heavy atom. The van der Waals surface area contributed by atoms with Crippen LogP contribution in [0, 0.1) is 5.92 Å². The van der Waals surface area contributed by atoms with Crippen LogP contribution < -0.4 is 5.32 Å². The molecule has 1 fully saturated rings. The molecule has 3 rings (SSSR count). The van der Waals surface area contributed by atoms with E-state index in [1.807, 2.05) is 12.2 Å². The first-order valence-corrected chi connectivity index (χ1v) is 9.26. The number of benzene rings is 1. The van der Waals surface area contributed by atoms with Gasteiger partial charge in [0.05, 0.1) is 5.41 Å². The van der Waals surface area contributed by atoms with Crippen LogP contribution in [0.3, 0.4) is 0 Å². The van der Waals surface area contributed by atoms with Crippen LogP contribution in [0.15, 0.2) is 36.4 Å². The van der Waals surface area contributed by atoms with Crippen molar-refractivity contribution in [3.05, 3.63) is 47.5 Å². The number of carbonyl (C=O) groups is 1. The minimum absolute atomic E-state index is 0.0575. The molecule has 0 saturated heterocycles. The molecule has 0 radical (unpaired) electrons. The molecule has 3 nitrogen and oxygen atoms in total. The molecule has 1 aromatic rings. The summed E-state index contributed by atoms with van der Waals surface area (Å²) in [7, 11) is 0. The van der Waals surface area contributed by atoms with Crippen LogP contribution in [-0.4, -0.2) is 23.7 Å². The summed E-state index contributed by atoms with van der Waals surface area (Å²) in [4.78, 5) is 13.1. The number of amides is 1. The topological polar surface area (TPSA) is 49.3 Å². The molecule has 24 heavy (non-hydrogen) atoms. The molecule has 1 aromatic carbocycles. The molecular formula is C21H29NO2. The van der Waals surface area contributed by atoms with E-state index in [0.717, 1.165) is 37.7 Å². The molecule has 0 spiro atoms. The third kappa shape index (κ3) is 3.27. The molecule has 2 N–H and O–H groups in total. The third-order valence-electron chi connectivity index (χ3n) is 5.74. The number of hydrogen-bond acceptors (Lipinski definition) is 2. The number of hydrogen-bond donors (Lipinski definition) is 2. The number of rotatable bonds is 5. The molecule has 0 heterocycles. The number of nitrogens with one attached hydrogen (secondary N) is 1. The van der Waals surface area contributed by atoms with Gasteiger partial charge in [0.2, 0.25) is 5.91 Å². The van der Waals surface area contributed by atoms with Crippen molar-refractivity contribution in [2.75, 3.05) is 6.61 Å². The summed E-state index contributed by atoms with van der Waals surface area (Å²) in [6, 6.07) is 8.71. The predicted octanol–water partition coefficient (Wildman–Crippen LogP) is 3.68. The van der Waals surface area contributed by atoms with Crippen molar-refractivity contribution < 1.29 is 9.90 Å². The normalized spacial score (nSPS) is 25.3. The minimum Gasteiger partial charge on any atom is -0.396 e. The van der Waals surface area contributed by atoms with Crippen molar-refractivity contribution in [1.82, 2.24) is 5.32 Å². The molecule has 0 aromatic heterocycles. The molecule has 0 aliphatic heterocycles. The summed E-state index contributed by atoms with van der Waals surface area (Å²) < 4.78 is 0. The van der Waals surface area contributed by atoms with Crippen LogP contribution >= 0.6 is 0 Å². The SMILES string of the molecule is CC(C)c1ccc(C2(C(=O)N[C@@H]3C=C[C@H](CO)C3)CCCC2)cc1. The molecule has 0 unspecified atom stereocenters. The highest BCUT2D eigenvalue weighted by molar-refractivity contribution is 5.89. The summed E-state index contributed by atoms with van der Waals surface area (Å²) in [5.41, 5.74) is 2.10. The van der Waals surface area contributed by atoms with Crippen LogP contribution in [0.4, 0.5) is 0 Å². The molecule has 0 bridgehead atoms. The highest BCUT2D eigenvalue weighted by atomic mass is 16.3. The second-order valence-electron chi connectivity index (χ2n) is 7.71. The van der Waals surface area contributed by atoms with Crippen LogP contribution in [0.5, 0.6) is 0 Å². The van der Waals surface area contributed by atoms with Gasteiger partial charge in [0, 0.05) is 18.6 Å². The van der Waals surface area contributed by atoms with Crippen LogP contribution in [0.25, 0.3) is 0 Å². The van der Waals surface area contributed by atoms with Gasteiger partial charge in [0.15, 0.2) is 0 Å². The average Bonchev–Trinajstić information content (AvgIpc) is 3.24. The number of carbonyl (C=O) groups excluding carboxylic acids is 1. The molecule has 2 aliphatic rings. The number of aliphatic hydroxyl groups excluding tert-OH is 1. The van der Waals surface area contributed by atoms with Crippen molar-refractivity contribution >= 4 is 5.91 Å². The van der Waals surface area contributed by atoms with Gasteiger partial charge in [0.1, 0.15) is 0 Å². The highest BCUT2D eigenvalue weighted by Gasteiger charge is 2.43. The highest BCUT2D eigenvalue weighted by Crippen LogP contribution is 2.42. The lowest BCUT2D eigenvalue weighted by Gasteiger charge is -2.30. The van der Waals surface area contributed by atoms with E-state index in [1.54, 1.807) is 0 Å². The lowest BCUT2D eigenvalue weighted by molar-refractivity contribution is -0.127. The van der Waals surface area contributed by atoms with E-state index in [2.05, 4.69) is 43.4 Å². The van der Waals surface area contributed by atoms with Gasteiger partial charge in [0.25, 0.3) is 0 Å². The zero-order chi connectivity index (χ0) is 17.2. The zero-order valence-corrected chi connectivity index (χ0v) is 14.8. The van der Waals surface area contributed by atoms with Crippen LogP contribution in [0.2, 0.25) is 0 Å². The lowest BCUT2D eigenvalue weighted by atomic mass is 9.77. The van der Waals surface area contributed by atoms with Gasteiger partial charge in [-0.1, -0.05) is 63.1 Å². The van der Waals surface area contributed by atoms with Gasteiger partial charge in [-0.2, -0.15) is 0 Å². The molecule has 2 atom stereocenters. The van der Waals surface area contributed by atoms with Gasteiger partial charge in [-0.15, -0.1) is 0 Å².